The molecule has 32 heteroatoms. The zero-order valence-electron chi connectivity index (χ0n) is 84.3. The maximum Gasteiger partial charge on any atom is 0.514 e. The van der Waals surface area contributed by atoms with Gasteiger partial charge in [0.15, 0.2) is 11.6 Å². The molecule has 0 bridgehead atoms. The van der Waals surface area contributed by atoms with E-state index in [0.717, 1.165) is 127 Å². The number of rotatable bonds is 50. The summed E-state index contributed by atoms with van der Waals surface area (Å²) in [6, 6.07) is 50.4. The number of nitrogens with zero attached hydrogens (tertiary/aromatic N) is 1. The minimum Gasteiger partial charge on any atom is -0.508 e. The highest BCUT2D eigenvalue weighted by Gasteiger charge is 2.58. The Hall–Kier alpha value is -12.6. The number of hydrogen-bond acceptors (Lipinski definition) is 22. The van der Waals surface area contributed by atoms with E-state index in [1.807, 2.05) is 103 Å². The van der Waals surface area contributed by atoms with Gasteiger partial charge in [-0.3, -0.25) is 48.5 Å². The van der Waals surface area contributed by atoms with Gasteiger partial charge in [-0.1, -0.05) is 202 Å². The average Bonchev–Trinajstić information content (AvgIpc) is 1.62. The molecule has 6 aliphatic rings. The number of ketones is 2. The molecule has 14 unspecified atom stereocenters. The molecule has 7 aromatic rings. The van der Waals surface area contributed by atoms with Gasteiger partial charge in [0.2, 0.25) is 35.4 Å². The number of aromatic hydroxyl groups is 1. The molecule has 0 aromatic heterocycles. The average molecular weight is 2050 g/mol. The van der Waals surface area contributed by atoms with Crippen molar-refractivity contribution in [3.63, 3.8) is 0 Å². The zero-order chi connectivity index (χ0) is 104. The van der Waals surface area contributed by atoms with E-state index in [0.29, 0.717) is 128 Å². The summed E-state index contributed by atoms with van der Waals surface area (Å²) in [5.41, 5.74) is 19.2. The number of unbranched alkanes of at least 4 members (excludes halogenated alkanes) is 6. The minimum atomic E-state index is -0.864. The molecule has 7 aromatic carbocycles. The van der Waals surface area contributed by atoms with Crippen molar-refractivity contribution in [1.82, 2.24) is 42.5 Å². The fraction of sp³-hybridized carbons (Fsp3) is 0.530. The maximum atomic E-state index is 13.8. The zero-order valence-corrected chi connectivity index (χ0v) is 85.1. The van der Waals surface area contributed by atoms with Crippen molar-refractivity contribution < 1.29 is 91.2 Å². The second-order valence-corrected chi connectivity index (χ2v) is 40.2. The number of hydrogen-bond donors (Lipinski definition) is 11. The fourth-order valence-corrected chi connectivity index (χ4v) is 22.3. The summed E-state index contributed by atoms with van der Waals surface area (Å²) in [6.07, 6.45) is 18.9. The number of non-ortho nitro benzene ring substituents is 1. The number of halogens is 1. The number of aryl methyl sites for hydroxylation is 2. The Kier molecular flexibility index (Phi) is 48.6. The van der Waals surface area contributed by atoms with Crippen molar-refractivity contribution in [2.45, 2.75) is 291 Å². The van der Waals surface area contributed by atoms with Gasteiger partial charge in [0.1, 0.15) is 36.1 Å². The number of nitro benzene ring substituents is 1. The van der Waals surface area contributed by atoms with E-state index >= 15 is 0 Å². The van der Waals surface area contributed by atoms with E-state index in [1.54, 1.807) is 36.4 Å². The first kappa shape index (κ1) is 118. The van der Waals surface area contributed by atoms with Gasteiger partial charge >= 0.3 is 24.3 Å². The van der Waals surface area contributed by atoms with Crippen LogP contribution in [0.2, 0.25) is 5.02 Å². The number of carbonyl (C=O) groups is 12. The summed E-state index contributed by atoms with van der Waals surface area (Å²) in [7, 11) is 0. The van der Waals surface area contributed by atoms with Crippen LogP contribution in [0.5, 0.6) is 17.2 Å². The lowest BCUT2D eigenvalue weighted by atomic mass is 9.55. The molecule has 14 atom stereocenters. The van der Waals surface area contributed by atoms with Gasteiger partial charge in [-0.2, -0.15) is 0 Å². The topological polar surface area (TPSA) is 463 Å². The standard InChI is InChI=1S/C46H67N5O7.C35H50ClN5O6.C32H31NO7.2CH4/c1-3-4-10-25-48-42(54)20-21-43(55)51-39(28-31-11-6-5-7-12-31)40(53)30-33(13-8-9-24-47)44(56)49-26-27-50-45(57)58-41-19-18-38-37-16-14-32-29-34(52)15-17-35(32)36(37)22-23-46(38,41)2;1-2-3-10-20-38-32(43)17-18-33(44)41-30(23-26-12-5-4-6-13-26)31(42)24-27(34(45)39-22-19-37)14-9-11-21-40-35(46)47-25-28-15-7-8-16-29(28)36;1-32-18-17-26-25-14-12-24(38-30(34)20-5-3-2-4-6-20)19-21(25)7-13-27(26)28(32)15-16-29(32)40-31(35)39-23-10-8-22(9-11-23)33(36)37;;/h5-7,11-12,15,17,29,33,36-39,41,52H,3-4,8-10,13-14,16,18-28,30,47H2,1-2H3,(H,48,54)(H,49,56)(H,50,57)(H,51,55);4-8,12-13,15-16,27,30H,2-3,9-11,14,17-25,37H2,1H3,(H,38,43)(H,39,45)(H,40,46)(H,41,44);2-6,8-12,14,19,26-29H,7,13,15-18H2,1H3;2*1H4. The van der Waals surface area contributed by atoms with Gasteiger partial charge in [-0.15, -0.1) is 0 Å². The molecule has 0 radical (unpaired) electrons. The highest BCUT2D eigenvalue weighted by atomic mass is 35.5. The summed E-state index contributed by atoms with van der Waals surface area (Å²) in [5.74, 6) is 0.0176. The van der Waals surface area contributed by atoms with Crippen LogP contribution < -0.4 is 63.5 Å². The second-order valence-electron chi connectivity index (χ2n) is 39.8. The number of nitro groups is 1. The quantitative estimate of drug-likeness (QED) is 0.00321. The van der Waals surface area contributed by atoms with Crippen LogP contribution in [-0.4, -0.2) is 158 Å². The molecule has 13 N–H and O–H groups in total. The van der Waals surface area contributed by atoms with Crippen LogP contribution in [0.15, 0.2) is 176 Å². The molecule has 0 heterocycles. The van der Waals surface area contributed by atoms with E-state index in [-0.39, 0.29) is 175 Å². The largest absolute Gasteiger partial charge is 0.514 e. The molecular formula is C115H156ClN11O20. The number of phenols is 1. The Bertz CT molecular complexity index is 5430. The van der Waals surface area contributed by atoms with E-state index < -0.39 is 59.0 Å². The Balaban J connectivity index is 0.000000248. The van der Waals surface area contributed by atoms with Crippen LogP contribution >= 0.6 is 11.6 Å². The summed E-state index contributed by atoms with van der Waals surface area (Å²) in [6.45, 7) is 11.5. The third kappa shape index (κ3) is 35.9. The van der Waals surface area contributed by atoms with Crippen molar-refractivity contribution in [3.8, 4) is 17.2 Å². The van der Waals surface area contributed by atoms with Crippen LogP contribution in [-0.2, 0) is 84.9 Å². The minimum absolute atomic E-state index is 0. The SMILES string of the molecule is C.C.CC12CCC3c4ccc(OC(=O)c5ccccc5)cc4CCC3C1CCC2OC(=O)Oc1ccc([N+](=O)[O-])cc1.CCCCCNC(=O)CCC(=O)NC(Cc1ccccc1)C(=O)CC(CCCCN)C(=O)NCCNC(=O)OC1CCC2C3CCc4cc(O)ccc4C3CCC12C.CCCCCNC(=O)CCC(=O)NC(Cc1ccccc1)C(=O)CC(CCCCNC(=O)OCc1ccccc1Cl)C(=O)NCCN. The van der Waals surface area contributed by atoms with Gasteiger partial charge in [-0.25, -0.2) is 19.2 Å². The number of carbonyl (C=O) groups excluding carboxylic acids is 12. The van der Waals surface area contributed by atoms with Crippen LogP contribution in [0.4, 0.5) is 20.1 Å². The van der Waals surface area contributed by atoms with E-state index in [4.69, 9.17) is 46.8 Å². The monoisotopic (exact) mass is 2050 g/mol. The lowest BCUT2D eigenvalue weighted by Crippen LogP contribution is -2.46. The first-order valence-electron chi connectivity index (χ1n) is 52.2. The number of ether oxygens (including phenoxy) is 5. The lowest BCUT2D eigenvalue weighted by Gasteiger charge is -2.50. The smallest absolute Gasteiger partial charge is 0.508 e. The normalized spacial score (nSPS) is 20.1. The highest BCUT2D eigenvalue weighted by Crippen LogP contribution is 2.63. The number of phenolic OH excluding ortho intramolecular Hbond substituents is 1. The molecule has 4 fully saturated rings. The molecule has 0 spiro atoms. The van der Waals surface area contributed by atoms with Gasteiger partial charge in [0, 0.05) is 130 Å². The van der Waals surface area contributed by atoms with Crippen molar-refractivity contribution in [1.29, 1.82) is 0 Å². The van der Waals surface area contributed by atoms with Gasteiger partial charge in [-0.05, 0) is 258 Å². The molecule has 0 aliphatic heterocycles. The number of amides is 8. The Morgan fingerprint density at radius 1 is 0.469 bits per heavy atom. The molecule has 0 saturated heterocycles. The fourth-order valence-electron chi connectivity index (χ4n) is 22.1. The Labute approximate surface area is 871 Å². The van der Waals surface area contributed by atoms with E-state index in [1.165, 1.54) is 46.5 Å². The van der Waals surface area contributed by atoms with Crippen molar-refractivity contribution in [2.75, 3.05) is 52.4 Å². The number of benzene rings is 7. The number of esters is 1. The number of nitrogens with one attached hydrogen (secondary N) is 8. The van der Waals surface area contributed by atoms with Crippen LogP contribution in [0.25, 0.3) is 0 Å². The Morgan fingerprint density at radius 3 is 1.46 bits per heavy atom. The number of fused-ring (bicyclic) bond motifs is 10. The third-order valence-corrected chi connectivity index (χ3v) is 30.3. The van der Waals surface area contributed by atoms with Gasteiger partial charge in [0.05, 0.1) is 22.6 Å². The van der Waals surface area contributed by atoms with E-state index in [9.17, 15) is 72.8 Å². The number of Topliss-reactive ketones (excluding diaryl/α,β-unsaturated/α-hetero) is 2. The predicted molar refractivity (Wildman–Crippen MR) is 566 cm³/mol. The van der Waals surface area contributed by atoms with E-state index in [2.05, 4.69) is 82.4 Å². The van der Waals surface area contributed by atoms with Crippen LogP contribution in [0.1, 0.15) is 283 Å². The number of alkyl carbamates (subject to hydrolysis) is 2. The highest BCUT2D eigenvalue weighted by molar-refractivity contribution is 6.31. The summed E-state index contributed by atoms with van der Waals surface area (Å²) in [5, 5.41) is 43.9. The molecule has 6 aliphatic carbocycles. The molecule has 4 saturated carbocycles. The van der Waals surface area contributed by atoms with Crippen molar-refractivity contribution in [2.24, 2.45) is 57.8 Å². The van der Waals surface area contributed by atoms with Crippen molar-refractivity contribution >= 4 is 88.6 Å². The first-order valence-corrected chi connectivity index (χ1v) is 52.6. The summed E-state index contributed by atoms with van der Waals surface area (Å²) >= 11 is 6.10. The molecular weight excluding hydrogens is 1890 g/mol. The van der Waals surface area contributed by atoms with Gasteiger partial charge < -0.3 is 82.8 Å². The molecule has 147 heavy (non-hydrogen) atoms. The first-order chi connectivity index (χ1) is 70.1. The molecule has 8 amide bonds. The summed E-state index contributed by atoms with van der Waals surface area (Å²) < 4.78 is 28.2. The van der Waals surface area contributed by atoms with Crippen LogP contribution in [0, 0.1) is 56.5 Å². The number of nitrogens with two attached hydrogens (primary N) is 2. The summed E-state index contributed by atoms with van der Waals surface area (Å²) in [4.78, 5) is 165. The van der Waals surface area contributed by atoms with Crippen LogP contribution in [0.3, 0.4) is 0 Å². The van der Waals surface area contributed by atoms with Crippen molar-refractivity contribution in [3.05, 3.63) is 236 Å². The maximum absolute atomic E-state index is 13.8. The molecule has 31 nitrogen and oxygen atoms in total. The molecule has 798 valence electrons. The molecule has 13 rings (SSSR count). The van der Waals surface area contributed by atoms with Gasteiger partial charge in [0.25, 0.3) is 5.69 Å². The Morgan fingerprint density at radius 2 is 0.932 bits per heavy atom. The second kappa shape index (κ2) is 60.6. The third-order valence-electron chi connectivity index (χ3n) is 29.9. The lowest BCUT2D eigenvalue weighted by molar-refractivity contribution is -0.384. The predicted octanol–water partition coefficient (Wildman–Crippen LogP) is 18.7.